The molecular weight excluding hydrogens is 256 g/mol. The molecule has 1 aliphatic heterocycles. The standard InChI is InChI=1S/C19H40N2/c1-6-11-18-12-9-10-13-21(18)16-19(7-2,8-3)15-20-14-17(4)5/h17-18,20H,6-16H2,1-5H3. The van der Waals surface area contributed by atoms with E-state index < -0.39 is 0 Å². The van der Waals surface area contributed by atoms with Gasteiger partial charge in [0.05, 0.1) is 0 Å². The Bertz CT molecular complexity index is 256. The molecule has 1 N–H and O–H groups in total. The van der Waals surface area contributed by atoms with Crippen LogP contribution in [0.1, 0.15) is 79.6 Å². The number of likely N-dealkylation sites (tertiary alicyclic amines) is 1. The summed E-state index contributed by atoms with van der Waals surface area (Å²) in [4.78, 5) is 2.83. The van der Waals surface area contributed by atoms with E-state index in [4.69, 9.17) is 0 Å². The number of hydrogen-bond donors (Lipinski definition) is 1. The Morgan fingerprint density at radius 1 is 1.14 bits per heavy atom. The molecule has 1 saturated heterocycles. The molecule has 1 atom stereocenters. The Morgan fingerprint density at radius 3 is 2.43 bits per heavy atom. The van der Waals surface area contributed by atoms with Gasteiger partial charge in [0.25, 0.3) is 0 Å². The predicted octanol–water partition coefficient (Wildman–Crippen LogP) is 4.69. The van der Waals surface area contributed by atoms with Gasteiger partial charge < -0.3 is 5.32 Å². The van der Waals surface area contributed by atoms with Crippen LogP contribution in [0.15, 0.2) is 0 Å². The topological polar surface area (TPSA) is 15.3 Å². The van der Waals surface area contributed by atoms with Crippen LogP contribution < -0.4 is 5.32 Å². The van der Waals surface area contributed by atoms with Crippen LogP contribution in [0.25, 0.3) is 0 Å². The molecule has 1 rings (SSSR count). The summed E-state index contributed by atoms with van der Waals surface area (Å²) in [6, 6.07) is 0.853. The predicted molar refractivity (Wildman–Crippen MR) is 94.8 cm³/mol. The van der Waals surface area contributed by atoms with Crippen LogP contribution >= 0.6 is 0 Å². The lowest BCUT2D eigenvalue weighted by Gasteiger charge is -2.43. The fourth-order valence-electron chi connectivity index (χ4n) is 3.76. The first kappa shape index (κ1) is 19.0. The van der Waals surface area contributed by atoms with Gasteiger partial charge in [0.15, 0.2) is 0 Å². The molecule has 0 aromatic carbocycles. The maximum absolute atomic E-state index is 3.74. The average molecular weight is 297 g/mol. The van der Waals surface area contributed by atoms with E-state index in [0.717, 1.165) is 18.5 Å². The van der Waals surface area contributed by atoms with Crippen molar-refractivity contribution >= 4 is 0 Å². The van der Waals surface area contributed by atoms with E-state index in [9.17, 15) is 0 Å². The first-order chi connectivity index (χ1) is 10.1. The second-order valence-corrected chi connectivity index (χ2v) is 7.64. The summed E-state index contributed by atoms with van der Waals surface area (Å²) in [6.45, 7) is 16.7. The molecule has 0 bridgehead atoms. The lowest BCUT2D eigenvalue weighted by Crippen LogP contribution is -2.49. The van der Waals surface area contributed by atoms with Crippen molar-refractivity contribution in [1.82, 2.24) is 10.2 Å². The molecule has 1 aliphatic rings. The van der Waals surface area contributed by atoms with Crippen molar-refractivity contribution in [3.63, 3.8) is 0 Å². The zero-order valence-corrected chi connectivity index (χ0v) is 15.4. The zero-order chi connectivity index (χ0) is 15.7. The van der Waals surface area contributed by atoms with Gasteiger partial charge in [0.2, 0.25) is 0 Å². The molecule has 0 amide bonds. The van der Waals surface area contributed by atoms with Crippen LogP contribution in [-0.4, -0.2) is 37.1 Å². The molecule has 1 unspecified atom stereocenters. The molecule has 0 spiro atoms. The van der Waals surface area contributed by atoms with Crippen LogP contribution in [0.3, 0.4) is 0 Å². The molecule has 2 heteroatoms. The van der Waals surface area contributed by atoms with Crippen LogP contribution in [0.2, 0.25) is 0 Å². The largest absolute Gasteiger partial charge is 0.316 e. The Morgan fingerprint density at radius 2 is 1.86 bits per heavy atom. The maximum Gasteiger partial charge on any atom is 0.00954 e. The summed E-state index contributed by atoms with van der Waals surface area (Å²) in [5.74, 6) is 0.749. The number of hydrogen-bond acceptors (Lipinski definition) is 2. The maximum atomic E-state index is 3.74. The lowest BCUT2D eigenvalue weighted by atomic mass is 9.80. The quantitative estimate of drug-likeness (QED) is 0.629. The summed E-state index contributed by atoms with van der Waals surface area (Å²) in [7, 11) is 0. The summed E-state index contributed by atoms with van der Waals surface area (Å²) >= 11 is 0. The molecule has 1 fully saturated rings. The molecule has 0 aromatic rings. The van der Waals surface area contributed by atoms with Gasteiger partial charge >= 0.3 is 0 Å². The fraction of sp³-hybridized carbons (Fsp3) is 1.00. The average Bonchev–Trinajstić information content (AvgIpc) is 2.48. The van der Waals surface area contributed by atoms with Gasteiger partial charge in [-0.1, -0.05) is 47.5 Å². The zero-order valence-electron chi connectivity index (χ0n) is 15.4. The van der Waals surface area contributed by atoms with Crippen molar-refractivity contribution in [3.05, 3.63) is 0 Å². The van der Waals surface area contributed by atoms with E-state index in [1.54, 1.807) is 0 Å². The van der Waals surface area contributed by atoms with Gasteiger partial charge in [-0.05, 0) is 56.5 Å². The van der Waals surface area contributed by atoms with Crippen LogP contribution in [-0.2, 0) is 0 Å². The van der Waals surface area contributed by atoms with Crippen LogP contribution in [0.5, 0.6) is 0 Å². The number of rotatable bonds is 10. The van der Waals surface area contributed by atoms with Crippen molar-refractivity contribution in [2.45, 2.75) is 85.6 Å². The minimum atomic E-state index is 0.470. The first-order valence-electron chi connectivity index (χ1n) is 9.51. The highest BCUT2D eigenvalue weighted by Crippen LogP contribution is 2.31. The Balaban J connectivity index is 2.61. The van der Waals surface area contributed by atoms with E-state index >= 15 is 0 Å². The highest BCUT2D eigenvalue weighted by Gasteiger charge is 2.32. The molecule has 2 nitrogen and oxygen atoms in total. The van der Waals surface area contributed by atoms with Gasteiger partial charge in [-0.3, -0.25) is 4.90 Å². The first-order valence-corrected chi connectivity index (χ1v) is 9.51. The second-order valence-electron chi connectivity index (χ2n) is 7.64. The van der Waals surface area contributed by atoms with Crippen LogP contribution in [0, 0.1) is 11.3 Å². The molecule has 1 heterocycles. The molecule has 0 saturated carbocycles. The summed E-state index contributed by atoms with van der Waals surface area (Å²) in [5.41, 5.74) is 0.470. The van der Waals surface area contributed by atoms with Gasteiger partial charge in [-0.25, -0.2) is 0 Å². The Labute approximate surface area is 134 Å². The summed E-state index contributed by atoms with van der Waals surface area (Å²) in [6.07, 6.45) is 9.59. The van der Waals surface area contributed by atoms with Crippen molar-refractivity contribution in [1.29, 1.82) is 0 Å². The van der Waals surface area contributed by atoms with E-state index in [-0.39, 0.29) is 0 Å². The smallest absolute Gasteiger partial charge is 0.00954 e. The minimum absolute atomic E-state index is 0.470. The van der Waals surface area contributed by atoms with Crippen LogP contribution in [0.4, 0.5) is 0 Å². The lowest BCUT2D eigenvalue weighted by molar-refractivity contribution is 0.0682. The molecule has 126 valence electrons. The molecule has 0 aromatic heterocycles. The highest BCUT2D eigenvalue weighted by atomic mass is 15.2. The molecule has 21 heavy (non-hydrogen) atoms. The number of nitrogens with zero attached hydrogens (tertiary/aromatic N) is 1. The van der Waals surface area contributed by atoms with Gasteiger partial charge in [-0.2, -0.15) is 0 Å². The fourth-order valence-corrected chi connectivity index (χ4v) is 3.76. The Hall–Kier alpha value is -0.0800. The molecule has 0 radical (unpaired) electrons. The van der Waals surface area contributed by atoms with Crippen molar-refractivity contribution < 1.29 is 0 Å². The van der Waals surface area contributed by atoms with Crippen molar-refractivity contribution in [2.24, 2.45) is 11.3 Å². The van der Waals surface area contributed by atoms with Crippen molar-refractivity contribution in [2.75, 3.05) is 26.2 Å². The minimum Gasteiger partial charge on any atom is -0.316 e. The second kappa shape index (κ2) is 9.84. The van der Waals surface area contributed by atoms with E-state index in [1.165, 1.54) is 64.6 Å². The third-order valence-electron chi connectivity index (χ3n) is 5.46. The van der Waals surface area contributed by atoms with Gasteiger partial charge in [0.1, 0.15) is 0 Å². The number of piperidine rings is 1. The third kappa shape index (κ3) is 6.28. The third-order valence-corrected chi connectivity index (χ3v) is 5.46. The van der Waals surface area contributed by atoms with Gasteiger partial charge in [0, 0.05) is 19.1 Å². The highest BCUT2D eigenvalue weighted by molar-refractivity contribution is 4.87. The van der Waals surface area contributed by atoms with E-state index in [1.807, 2.05) is 0 Å². The SMILES string of the molecule is CCCC1CCCCN1CC(CC)(CC)CNCC(C)C. The summed E-state index contributed by atoms with van der Waals surface area (Å²) in [5, 5.41) is 3.74. The normalized spacial score (nSPS) is 21.1. The van der Waals surface area contributed by atoms with E-state index in [0.29, 0.717) is 5.41 Å². The molecule has 0 aliphatic carbocycles. The monoisotopic (exact) mass is 296 g/mol. The number of nitrogens with one attached hydrogen (secondary N) is 1. The van der Waals surface area contributed by atoms with Gasteiger partial charge in [-0.15, -0.1) is 0 Å². The van der Waals surface area contributed by atoms with Crippen molar-refractivity contribution in [3.8, 4) is 0 Å². The Kier molecular flexibility index (Phi) is 8.89. The van der Waals surface area contributed by atoms with E-state index in [2.05, 4.69) is 44.8 Å². The summed E-state index contributed by atoms with van der Waals surface area (Å²) < 4.78 is 0. The molecular formula is C19H40N2.